The molecule has 34 heavy (non-hydrogen) atoms. The monoisotopic (exact) mass is 481 g/mol. The zero-order valence-electron chi connectivity index (χ0n) is 23.2. The summed E-state index contributed by atoms with van der Waals surface area (Å²) in [7, 11) is -0.286. The van der Waals surface area contributed by atoms with Crippen molar-refractivity contribution in [1.82, 2.24) is 0 Å². The van der Waals surface area contributed by atoms with Gasteiger partial charge in [-0.25, -0.2) is 0 Å². The Balaban J connectivity index is 1.18. The van der Waals surface area contributed by atoms with E-state index in [4.69, 9.17) is 0 Å². The van der Waals surface area contributed by atoms with Gasteiger partial charge in [-0.2, -0.15) is 0 Å². The molecule has 0 bridgehead atoms. The summed E-state index contributed by atoms with van der Waals surface area (Å²) in [6.45, 7) is 8.36. The van der Waals surface area contributed by atoms with E-state index in [1.54, 1.807) is 103 Å². The summed E-state index contributed by atoms with van der Waals surface area (Å²) in [6.07, 6.45) is 28.4. The Bertz CT molecular complexity index is 603. The van der Waals surface area contributed by atoms with E-state index in [0.29, 0.717) is 0 Å². The van der Waals surface area contributed by atoms with Crippen molar-refractivity contribution >= 4 is 8.80 Å². The highest BCUT2D eigenvalue weighted by Gasteiger charge is 2.55. The quantitative estimate of drug-likeness (QED) is 0.350. The Morgan fingerprint density at radius 3 is 1.21 bits per heavy atom. The minimum atomic E-state index is -0.286. The first kappa shape index (κ1) is 24.5. The van der Waals surface area contributed by atoms with Crippen molar-refractivity contribution in [3.63, 3.8) is 0 Å². The third-order valence-corrected chi connectivity index (χ3v) is 17.4. The summed E-state index contributed by atoms with van der Waals surface area (Å²) in [5.41, 5.74) is 2.31. The molecule has 1 radical (unpaired) electrons. The van der Waals surface area contributed by atoms with E-state index in [0.717, 1.165) is 70.3 Å². The zero-order valence-corrected chi connectivity index (χ0v) is 24.2. The molecule has 0 aliphatic heterocycles. The number of fused-ring (bicyclic) bond motifs is 2. The first-order valence-corrected chi connectivity index (χ1v) is 18.6. The highest BCUT2D eigenvalue weighted by molar-refractivity contribution is 6.61. The van der Waals surface area contributed by atoms with Crippen LogP contribution in [0.1, 0.15) is 129 Å². The molecule has 0 amide bonds. The molecule has 193 valence electrons. The van der Waals surface area contributed by atoms with E-state index in [1.165, 1.54) is 12.8 Å². The van der Waals surface area contributed by atoms with E-state index < -0.39 is 0 Å². The Morgan fingerprint density at radius 1 is 0.412 bits per heavy atom. The van der Waals surface area contributed by atoms with E-state index in [1.807, 2.05) is 0 Å². The molecule has 1 heteroatoms. The Morgan fingerprint density at radius 2 is 0.794 bits per heavy atom. The average Bonchev–Trinajstić information content (AvgIpc) is 3.39. The number of hydrogen-bond donors (Lipinski definition) is 0. The van der Waals surface area contributed by atoms with Crippen molar-refractivity contribution in [1.29, 1.82) is 0 Å². The summed E-state index contributed by atoms with van der Waals surface area (Å²) in [5.74, 6) is 11.1. The van der Waals surface area contributed by atoms with Gasteiger partial charge in [0.05, 0.1) is 8.80 Å². The second kappa shape index (κ2) is 10.5. The molecule has 6 saturated carbocycles. The molecule has 10 atom stereocenters. The first-order chi connectivity index (χ1) is 16.6. The zero-order chi connectivity index (χ0) is 23.2. The minimum Gasteiger partial charge on any atom is -0.0706 e. The molecule has 0 heterocycles. The maximum atomic E-state index is 2.90. The molecule has 6 aliphatic carbocycles. The Labute approximate surface area is 214 Å². The van der Waals surface area contributed by atoms with Crippen molar-refractivity contribution in [2.75, 3.05) is 0 Å². The van der Waals surface area contributed by atoms with Crippen LogP contribution in [0.2, 0.25) is 17.6 Å². The Hall–Kier alpha value is 0.217. The summed E-state index contributed by atoms with van der Waals surface area (Å²) in [5, 5.41) is 0. The van der Waals surface area contributed by atoms with Crippen molar-refractivity contribution in [2.45, 2.75) is 147 Å². The third kappa shape index (κ3) is 4.43. The van der Waals surface area contributed by atoms with Gasteiger partial charge in [0.2, 0.25) is 0 Å². The first-order valence-electron chi connectivity index (χ1n) is 16.5. The van der Waals surface area contributed by atoms with E-state index in [2.05, 4.69) is 20.4 Å². The fraction of sp³-hybridized carbons (Fsp3) is 1.00. The topological polar surface area (TPSA) is 0 Å². The molecular weight excluding hydrogens is 424 g/mol. The molecule has 0 nitrogen and oxygen atoms in total. The van der Waals surface area contributed by atoms with Gasteiger partial charge in [0.25, 0.3) is 0 Å². The van der Waals surface area contributed by atoms with Crippen LogP contribution < -0.4 is 0 Å². The van der Waals surface area contributed by atoms with Crippen LogP contribution in [0, 0.1) is 59.2 Å². The number of rotatable bonds is 4. The molecule has 6 aliphatic rings. The molecular formula is C33H57Si. The molecule has 0 spiro atoms. The number of hydrogen-bond acceptors (Lipinski definition) is 0. The van der Waals surface area contributed by atoms with Crippen LogP contribution in [0.15, 0.2) is 0 Å². The standard InChI is InChI=1S/C33H57Si/c1-22-20-30-26(24-12-6-4-7-13-24)16-10-18-28(30)32(22)34(3)33-23(2)21-31-27(17-11-19-29(31)33)25-14-8-5-9-15-25/h22-33H,4-21H2,1-3H3. The van der Waals surface area contributed by atoms with Gasteiger partial charge in [0.1, 0.15) is 0 Å². The van der Waals surface area contributed by atoms with Gasteiger partial charge in [0.15, 0.2) is 0 Å². The second-order valence-electron chi connectivity index (χ2n) is 14.9. The van der Waals surface area contributed by atoms with Gasteiger partial charge in [-0.3, -0.25) is 0 Å². The summed E-state index contributed by atoms with van der Waals surface area (Å²) in [4.78, 5) is 0. The highest BCUT2D eigenvalue weighted by atomic mass is 28.3. The smallest absolute Gasteiger partial charge is 0.0523 e. The summed E-state index contributed by atoms with van der Waals surface area (Å²) >= 11 is 0. The van der Waals surface area contributed by atoms with Gasteiger partial charge >= 0.3 is 0 Å². The van der Waals surface area contributed by atoms with Gasteiger partial charge in [-0.1, -0.05) is 110 Å². The lowest BCUT2D eigenvalue weighted by atomic mass is 9.65. The fourth-order valence-corrected chi connectivity index (χ4v) is 17.0. The van der Waals surface area contributed by atoms with Gasteiger partial charge in [-0.05, 0) is 95.9 Å². The predicted octanol–water partition coefficient (Wildman–Crippen LogP) is 10.2. The van der Waals surface area contributed by atoms with Gasteiger partial charge in [-0.15, -0.1) is 0 Å². The molecule has 6 fully saturated rings. The molecule has 0 aromatic heterocycles. The molecule has 0 aromatic carbocycles. The minimum absolute atomic E-state index is 0.286. The van der Waals surface area contributed by atoms with Gasteiger partial charge in [0, 0.05) is 0 Å². The normalized spacial score (nSPS) is 48.7. The van der Waals surface area contributed by atoms with Crippen LogP contribution in [-0.4, -0.2) is 8.80 Å². The molecule has 10 unspecified atom stereocenters. The van der Waals surface area contributed by atoms with E-state index >= 15 is 0 Å². The maximum absolute atomic E-state index is 2.90. The highest BCUT2D eigenvalue weighted by Crippen LogP contribution is 2.64. The van der Waals surface area contributed by atoms with Crippen molar-refractivity contribution in [2.24, 2.45) is 59.2 Å². The van der Waals surface area contributed by atoms with Gasteiger partial charge < -0.3 is 0 Å². The van der Waals surface area contributed by atoms with Crippen LogP contribution in [0.5, 0.6) is 0 Å². The lowest BCUT2D eigenvalue weighted by Crippen LogP contribution is -2.39. The van der Waals surface area contributed by atoms with Crippen LogP contribution in [0.25, 0.3) is 0 Å². The maximum Gasteiger partial charge on any atom is 0.0523 e. The summed E-state index contributed by atoms with van der Waals surface area (Å²) < 4.78 is 0. The SMILES string of the molecule is CC1CC2C(C3CCCCC3)CCCC2C1[Si](C)C1C(C)CC2C(C3CCCCC3)CCCC21. The lowest BCUT2D eigenvalue weighted by molar-refractivity contribution is 0.0954. The average molecular weight is 482 g/mol. The second-order valence-corrected chi connectivity index (χ2v) is 17.7. The van der Waals surface area contributed by atoms with E-state index in [9.17, 15) is 0 Å². The molecule has 0 saturated heterocycles. The molecule has 6 rings (SSSR count). The van der Waals surface area contributed by atoms with Crippen LogP contribution in [0.4, 0.5) is 0 Å². The molecule has 0 N–H and O–H groups in total. The van der Waals surface area contributed by atoms with Crippen molar-refractivity contribution in [3.8, 4) is 0 Å². The summed E-state index contributed by atoms with van der Waals surface area (Å²) in [6, 6.07) is 0. The Kier molecular flexibility index (Phi) is 7.60. The van der Waals surface area contributed by atoms with Crippen molar-refractivity contribution in [3.05, 3.63) is 0 Å². The fourth-order valence-electron chi connectivity index (χ4n) is 12.3. The van der Waals surface area contributed by atoms with Crippen LogP contribution >= 0.6 is 0 Å². The predicted molar refractivity (Wildman–Crippen MR) is 148 cm³/mol. The van der Waals surface area contributed by atoms with Crippen LogP contribution in [-0.2, 0) is 0 Å². The largest absolute Gasteiger partial charge is 0.0706 e. The van der Waals surface area contributed by atoms with E-state index in [-0.39, 0.29) is 8.80 Å². The molecule has 0 aromatic rings. The van der Waals surface area contributed by atoms with Crippen molar-refractivity contribution < 1.29 is 0 Å². The third-order valence-electron chi connectivity index (χ3n) is 13.3. The lowest BCUT2D eigenvalue weighted by Gasteiger charge is -2.45. The van der Waals surface area contributed by atoms with Crippen LogP contribution in [0.3, 0.4) is 0 Å².